The molecule has 0 aliphatic carbocycles. The Kier molecular flexibility index (Phi) is 3.19. The maximum Gasteiger partial charge on any atom is 0.335 e. The normalized spacial score (nSPS) is 20.4. The molecule has 1 aliphatic heterocycles. The monoisotopic (exact) mass is 235 g/mol. The first-order chi connectivity index (χ1) is 8.06. The smallest absolute Gasteiger partial charge is 0.335 e. The van der Waals surface area contributed by atoms with Crippen molar-refractivity contribution in [1.82, 2.24) is 4.90 Å². The number of rotatable bonds is 3. The van der Waals surface area contributed by atoms with Crippen LogP contribution in [0, 0.1) is 0 Å². The number of benzene rings is 1. The minimum absolute atomic E-state index is 0.257. The average Bonchev–Trinajstić information content (AvgIpc) is 2.67. The second-order valence-electron chi connectivity index (χ2n) is 4.50. The van der Waals surface area contributed by atoms with Gasteiger partial charge < -0.3 is 21.1 Å². The van der Waals surface area contributed by atoms with E-state index in [1.807, 2.05) is 0 Å². The molecule has 0 spiro atoms. The molecule has 1 fully saturated rings. The van der Waals surface area contributed by atoms with Crippen molar-refractivity contribution in [2.24, 2.45) is 0 Å². The van der Waals surface area contributed by atoms with Crippen LogP contribution in [0.25, 0.3) is 0 Å². The molecule has 17 heavy (non-hydrogen) atoms. The fourth-order valence-electron chi connectivity index (χ4n) is 2.09. The quantitative estimate of drug-likeness (QED) is 0.683. The van der Waals surface area contributed by atoms with E-state index in [0.717, 1.165) is 19.5 Å². The van der Waals surface area contributed by atoms with Gasteiger partial charge in [-0.3, -0.25) is 0 Å². The second kappa shape index (κ2) is 4.63. The lowest BCUT2D eigenvalue weighted by Crippen LogP contribution is -2.24. The standard InChI is InChI=1S/C12H17N3O2/c1-15-5-4-9(7-15)14-11-6-8(12(16)17)2-3-10(11)13/h2-3,6,9,14H,4-5,7,13H2,1H3,(H,16,17). The highest BCUT2D eigenvalue weighted by atomic mass is 16.4. The number of aromatic carboxylic acids is 1. The van der Waals surface area contributed by atoms with Crippen molar-refractivity contribution in [2.75, 3.05) is 31.2 Å². The molecule has 0 saturated carbocycles. The molecule has 0 radical (unpaired) electrons. The van der Waals surface area contributed by atoms with Gasteiger partial charge in [-0.1, -0.05) is 0 Å². The molecular formula is C12H17N3O2. The van der Waals surface area contributed by atoms with Crippen LogP contribution in [0.15, 0.2) is 18.2 Å². The van der Waals surface area contributed by atoms with E-state index in [-0.39, 0.29) is 5.56 Å². The predicted molar refractivity (Wildman–Crippen MR) is 67.3 cm³/mol. The van der Waals surface area contributed by atoms with Crippen LogP contribution in [-0.4, -0.2) is 42.2 Å². The van der Waals surface area contributed by atoms with Crippen molar-refractivity contribution in [3.8, 4) is 0 Å². The number of carboxylic acid groups (broad SMARTS) is 1. The van der Waals surface area contributed by atoms with Crippen LogP contribution in [0.3, 0.4) is 0 Å². The van der Waals surface area contributed by atoms with Crippen LogP contribution < -0.4 is 11.1 Å². The molecule has 0 aromatic heterocycles. The van der Waals surface area contributed by atoms with E-state index in [4.69, 9.17) is 10.8 Å². The van der Waals surface area contributed by atoms with E-state index < -0.39 is 5.97 Å². The number of nitrogen functional groups attached to an aromatic ring is 1. The molecule has 1 aromatic rings. The molecule has 5 heteroatoms. The number of nitrogens with zero attached hydrogens (tertiary/aromatic N) is 1. The summed E-state index contributed by atoms with van der Waals surface area (Å²) in [5.41, 5.74) is 7.39. The Morgan fingerprint density at radius 2 is 2.35 bits per heavy atom. The summed E-state index contributed by atoms with van der Waals surface area (Å²) in [5, 5.41) is 12.2. The Labute approximate surface area is 100 Å². The fourth-order valence-corrected chi connectivity index (χ4v) is 2.09. The first kappa shape index (κ1) is 11.7. The molecule has 1 atom stereocenters. The van der Waals surface area contributed by atoms with E-state index in [0.29, 0.717) is 17.4 Å². The summed E-state index contributed by atoms with van der Waals surface area (Å²) in [5.74, 6) is -0.934. The highest BCUT2D eigenvalue weighted by Crippen LogP contribution is 2.23. The third-order valence-corrected chi connectivity index (χ3v) is 3.05. The number of likely N-dealkylation sites (N-methyl/N-ethyl adjacent to an activating group) is 1. The van der Waals surface area contributed by atoms with Gasteiger partial charge in [0.15, 0.2) is 0 Å². The van der Waals surface area contributed by atoms with Gasteiger partial charge in [0, 0.05) is 12.6 Å². The molecule has 0 amide bonds. The number of anilines is 2. The van der Waals surface area contributed by atoms with Gasteiger partial charge in [0.2, 0.25) is 0 Å². The zero-order valence-electron chi connectivity index (χ0n) is 9.81. The van der Waals surface area contributed by atoms with Crippen LogP contribution in [-0.2, 0) is 0 Å². The minimum atomic E-state index is -0.934. The lowest BCUT2D eigenvalue weighted by Gasteiger charge is -2.16. The molecule has 1 aliphatic rings. The Morgan fingerprint density at radius 1 is 1.59 bits per heavy atom. The Hall–Kier alpha value is -1.75. The van der Waals surface area contributed by atoms with Crippen LogP contribution in [0.1, 0.15) is 16.8 Å². The highest BCUT2D eigenvalue weighted by Gasteiger charge is 2.20. The number of carbonyl (C=O) groups is 1. The van der Waals surface area contributed by atoms with Crippen molar-refractivity contribution >= 4 is 17.3 Å². The maximum atomic E-state index is 10.9. The summed E-state index contributed by atoms with van der Waals surface area (Å²) in [4.78, 5) is 13.1. The molecule has 1 unspecified atom stereocenters. The lowest BCUT2D eigenvalue weighted by molar-refractivity contribution is 0.0697. The average molecular weight is 235 g/mol. The summed E-state index contributed by atoms with van der Waals surface area (Å²) in [6.45, 7) is 2.01. The van der Waals surface area contributed by atoms with Gasteiger partial charge in [-0.2, -0.15) is 0 Å². The van der Waals surface area contributed by atoms with E-state index in [9.17, 15) is 4.79 Å². The number of hydrogen-bond donors (Lipinski definition) is 3. The van der Waals surface area contributed by atoms with Gasteiger partial charge in [-0.15, -0.1) is 0 Å². The Morgan fingerprint density at radius 3 is 2.94 bits per heavy atom. The molecule has 1 saturated heterocycles. The van der Waals surface area contributed by atoms with Gasteiger partial charge in [0.05, 0.1) is 16.9 Å². The summed E-state index contributed by atoms with van der Waals surface area (Å²) >= 11 is 0. The van der Waals surface area contributed by atoms with Gasteiger partial charge in [0.1, 0.15) is 0 Å². The first-order valence-electron chi connectivity index (χ1n) is 5.64. The molecule has 1 aromatic carbocycles. The van der Waals surface area contributed by atoms with Crippen molar-refractivity contribution in [2.45, 2.75) is 12.5 Å². The summed E-state index contributed by atoms with van der Waals surface area (Å²) in [7, 11) is 2.07. The van der Waals surface area contributed by atoms with Crippen LogP contribution in [0.4, 0.5) is 11.4 Å². The van der Waals surface area contributed by atoms with E-state index in [1.165, 1.54) is 6.07 Å². The third kappa shape index (κ3) is 2.68. The number of carboxylic acids is 1. The van der Waals surface area contributed by atoms with E-state index in [1.54, 1.807) is 12.1 Å². The van der Waals surface area contributed by atoms with Crippen LogP contribution in [0.2, 0.25) is 0 Å². The number of nitrogens with two attached hydrogens (primary N) is 1. The number of likely N-dealkylation sites (tertiary alicyclic amines) is 1. The third-order valence-electron chi connectivity index (χ3n) is 3.05. The van der Waals surface area contributed by atoms with Crippen LogP contribution >= 0.6 is 0 Å². The zero-order chi connectivity index (χ0) is 12.4. The molecule has 92 valence electrons. The molecule has 1 heterocycles. The molecule has 0 bridgehead atoms. The van der Waals surface area contributed by atoms with Gasteiger partial charge in [-0.05, 0) is 38.2 Å². The number of hydrogen-bond acceptors (Lipinski definition) is 4. The van der Waals surface area contributed by atoms with Crippen molar-refractivity contribution < 1.29 is 9.90 Å². The maximum absolute atomic E-state index is 10.9. The lowest BCUT2D eigenvalue weighted by atomic mass is 10.1. The molecule has 2 rings (SSSR count). The van der Waals surface area contributed by atoms with E-state index in [2.05, 4.69) is 17.3 Å². The minimum Gasteiger partial charge on any atom is -0.478 e. The zero-order valence-corrected chi connectivity index (χ0v) is 9.81. The largest absolute Gasteiger partial charge is 0.478 e. The van der Waals surface area contributed by atoms with Crippen molar-refractivity contribution in [1.29, 1.82) is 0 Å². The summed E-state index contributed by atoms with van der Waals surface area (Å²) < 4.78 is 0. The van der Waals surface area contributed by atoms with E-state index >= 15 is 0 Å². The fraction of sp³-hybridized carbons (Fsp3) is 0.417. The van der Waals surface area contributed by atoms with Crippen molar-refractivity contribution in [3.05, 3.63) is 23.8 Å². The van der Waals surface area contributed by atoms with Gasteiger partial charge in [-0.25, -0.2) is 4.79 Å². The SMILES string of the molecule is CN1CCC(Nc2cc(C(=O)O)ccc2N)C1. The molecular weight excluding hydrogens is 218 g/mol. The predicted octanol–water partition coefficient (Wildman–Crippen LogP) is 1.08. The molecule has 5 nitrogen and oxygen atoms in total. The summed E-state index contributed by atoms with van der Waals surface area (Å²) in [6, 6.07) is 5.08. The summed E-state index contributed by atoms with van der Waals surface area (Å²) in [6.07, 6.45) is 1.05. The van der Waals surface area contributed by atoms with Crippen LogP contribution in [0.5, 0.6) is 0 Å². The van der Waals surface area contributed by atoms with Crippen molar-refractivity contribution in [3.63, 3.8) is 0 Å². The van der Waals surface area contributed by atoms with Gasteiger partial charge in [0.25, 0.3) is 0 Å². The first-order valence-corrected chi connectivity index (χ1v) is 5.64. The Bertz CT molecular complexity index is 434. The molecule has 4 N–H and O–H groups in total. The van der Waals surface area contributed by atoms with Gasteiger partial charge >= 0.3 is 5.97 Å². The number of nitrogens with one attached hydrogen (secondary N) is 1. The Balaban J connectivity index is 2.14. The highest BCUT2D eigenvalue weighted by molar-refractivity contribution is 5.90. The second-order valence-corrected chi connectivity index (χ2v) is 4.50. The topological polar surface area (TPSA) is 78.6 Å².